The van der Waals surface area contributed by atoms with E-state index in [0.29, 0.717) is 6.04 Å². The molecule has 0 saturated carbocycles. The molecule has 3 N–H and O–H groups in total. The minimum atomic E-state index is 0.622. The zero-order valence-electron chi connectivity index (χ0n) is 9.63. The molecule has 0 aromatic heterocycles. The van der Waals surface area contributed by atoms with Crippen molar-refractivity contribution in [1.29, 1.82) is 0 Å². The van der Waals surface area contributed by atoms with Gasteiger partial charge in [-0.3, -0.25) is 0 Å². The van der Waals surface area contributed by atoms with E-state index in [1.54, 1.807) is 0 Å². The normalized spacial score (nSPS) is 20.6. The van der Waals surface area contributed by atoms with Gasteiger partial charge < -0.3 is 16.0 Å². The quantitative estimate of drug-likeness (QED) is 0.683. The molecule has 1 aliphatic rings. The molecule has 1 heterocycles. The number of nitrogens with zero attached hydrogens (tertiary/aromatic N) is 1. The lowest BCUT2D eigenvalue weighted by molar-refractivity contribution is 0.185. The topological polar surface area (TPSA) is 41.3 Å². The molecule has 84 valence electrons. The molecule has 1 aliphatic heterocycles. The molecule has 0 atom stereocenters. The van der Waals surface area contributed by atoms with Gasteiger partial charge in [-0.25, -0.2) is 0 Å². The van der Waals surface area contributed by atoms with Crippen LogP contribution in [0.25, 0.3) is 0 Å². The van der Waals surface area contributed by atoms with Crippen molar-refractivity contribution >= 4 is 0 Å². The predicted octanol–water partition coefficient (Wildman–Crippen LogP) is 0.655. The van der Waals surface area contributed by atoms with Gasteiger partial charge in [-0.05, 0) is 38.4 Å². The van der Waals surface area contributed by atoms with E-state index in [1.807, 2.05) is 0 Å². The van der Waals surface area contributed by atoms with Gasteiger partial charge in [0.1, 0.15) is 0 Å². The molecule has 0 amide bonds. The van der Waals surface area contributed by atoms with Crippen LogP contribution in [0.2, 0.25) is 0 Å². The van der Waals surface area contributed by atoms with Gasteiger partial charge >= 0.3 is 0 Å². The Balaban J connectivity index is 2.09. The maximum atomic E-state index is 5.54. The summed E-state index contributed by atoms with van der Waals surface area (Å²) in [5, 5.41) is 3.52. The van der Waals surface area contributed by atoms with Gasteiger partial charge in [0.25, 0.3) is 0 Å². The molecule has 0 spiro atoms. The maximum Gasteiger partial charge on any atom is 0.0105 e. The van der Waals surface area contributed by atoms with Crippen molar-refractivity contribution in [2.75, 3.05) is 32.7 Å². The Morgan fingerprint density at radius 1 is 1.36 bits per heavy atom. The van der Waals surface area contributed by atoms with Crippen molar-refractivity contribution < 1.29 is 0 Å². The van der Waals surface area contributed by atoms with Gasteiger partial charge in [-0.1, -0.05) is 13.8 Å². The van der Waals surface area contributed by atoms with Gasteiger partial charge in [0, 0.05) is 19.1 Å². The fourth-order valence-corrected chi connectivity index (χ4v) is 2.00. The molecule has 3 nitrogen and oxygen atoms in total. The van der Waals surface area contributed by atoms with Gasteiger partial charge in [-0.15, -0.1) is 0 Å². The van der Waals surface area contributed by atoms with Crippen molar-refractivity contribution in [2.24, 2.45) is 11.7 Å². The number of hydrogen-bond acceptors (Lipinski definition) is 3. The highest BCUT2D eigenvalue weighted by atomic mass is 15.1. The van der Waals surface area contributed by atoms with E-state index in [9.17, 15) is 0 Å². The SMILES string of the molecule is CC(C)NCC1CCN(CCN)CC1. The van der Waals surface area contributed by atoms with Crippen LogP contribution in [-0.2, 0) is 0 Å². The van der Waals surface area contributed by atoms with Gasteiger partial charge in [0.2, 0.25) is 0 Å². The number of hydrogen-bond donors (Lipinski definition) is 2. The Bertz CT molecular complexity index is 139. The number of piperidine rings is 1. The molecular weight excluding hydrogens is 174 g/mol. The van der Waals surface area contributed by atoms with E-state index in [4.69, 9.17) is 5.73 Å². The average molecular weight is 199 g/mol. The molecule has 0 aliphatic carbocycles. The summed E-state index contributed by atoms with van der Waals surface area (Å²) in [5.74, 6) is 0.881. The van der Waals surface area contributed by atoms with Crippen LogP contribution in [0.15, 0.2) is 0 Å². The number of likely N-dealkylation sites (tertiary alicyclic amines) is 1. The smallest absolute Gasteiger partial charge is 0.0105 e. The van der Waals surface area contributed by atoms with Crippen molar-refractivity contribution in [3.05, 3.63) is 0 Å². The van der Waals surface area contributed by atoms with Gasteiger partial charge in [0.05, 0.1) is 0 Å². The Labute approximate surface area is 88.0 Å². The van der Waals surface area contributed by atoms with E-state index in [-0.39, 0.29) is 0 Å². The van der Waals surface area contributed by atoms with Crippen LogP contribution in [0, 0.1) is 5.92 Å². The van der Waals surface area contributed by atoms with Crippen LogP contribution in [0.3, 0.4) is 0 Å². The lowest BCUT2D eigenvalue weighted by atomic mass is 9.96. The predicted molar refractivity (Wildman–Crippen MR) is 61.4 cm³/mol. The fourth-order valence-electron chi connectivity index (χ4n) is 2.00. The highest BCUT2D eigenvalue weighted by molar-refractivity contribution is 4.74. The summed E-state index contributed by atoms with van der Waals surface area (Å²) in [6, 6.07) is 0.622. The Hall–Kier alpha value is -0.120. The first-order valence-electron chi connectivity index (χ1n) is 5.88. The number of rotatable bonds is 5. The average Bonchev–Trinajstić information content (AvgIpc) is 2.17. The highest BCUT2D eigenvalue weighted by Crippen LogP contribution is 2.15. The van der Waals surface area contributed by atoms with Crippen LogP contribution >= 0.6 is 0 Å². The molecule has 0 radical (unpaired) electrons. The lowest BCUT2D eigenvalue weighted by Gasteiger charge is -2.32. The highest BCUT2D eigenvalue weighted by Gasteiger charge is 2.18. The third kappa shape index (κ3) is 4.40. The van der Waals surface area contributed by atoms with E-state index in [0.717, 1.165) is 19.0 Å². The summed E-state index contributed by atoms with van der Waals surface area (Å²) in [4.78, 5) is 2.48. The summed E-state index contributed by atoms with van der Waals surface area (Å²) < 4.78 is 0. The number of nitrogens with two attached hydrogens (primary N) is 1. The summed E-state index contributed by atoms with van der Waals surface area (Å²) in [6.45, 7) is 9.96. The molecule has 0 aromatic rings. The zero-order chi connectivity index (χ0) is 10.4. The minimum absolute atomic E-state index is 0.622. The monoisotopic (exact) mass is 199 g/mol. The second-order valence-electron chi connectivity index (χ2n) is 4.64. The first-order valence-corrected chi connectivity index (χ1v) is 5.88. The zero-order valence-corrected chi connectivity index (χ0v) is 9.63. The maximum absolute atomic E-state index is 5.54. The molecule has 14 heavy (non-hydrogen) atoms. The van der Waals surface area contributed by atoms with Crippen LogP contribution in [0.1, 0.15) is 26.7 Å². The molecule has 1 rings (SSSR count). The fraction of sp³-hybridized carbons (Fsp3) is 1.00. The summed E-state index contributed by atoms with van der Waals surface area (Å²) in [6.07, 6.45) is 2.67. The summed E-state index contributed by atoms with van der Waals surface area (Å²) in [5.41, 5.74) is 5.54. The van der Waals surface area contributed by atoms with Crippen molar-refractivity contribution in [3.8, 4) is 0 Å². The minimum Gasteiger partial charge on any atom is -0.329 e. The summed E-state index contributed by atoms with van der Waals surface area (Å²) in [7, 11) is 0. The molecular formula is C11H25N3. The number of nitrogens with one attached hydrogen (secondary N) is 1. The molecule has 1 saturated heterocycles. The molecule has 0 unspecified atom stereocenters. The Kier molecular flexibility index (Phi) is 5.45. The lowest BCUT2D eigenvalue weighted by Crippen LogP contribution is -2.40. The third-order valence-corrected chi connectivity index (χ3v) is 2.97. The van der Waals surface area contributed by atoms with Crippen LogP contribution < -0.4 is 11.1 Å². The van der Waals surface area contributed by atoms with Crippen LogP contribution in [0.5, 0.6) is 0 Å². The second-order valence-corrected chi connectivity index (χ2v) is 4.64. The molecule has 0 bridgehead atoms. The van der Waals surface area contributed by atoms with Crippen molar-refractivity contribution in [2.45, 2.75) is 32.7 Å². The molecule has 0 aromatic carbocycles. The van der Waals surface area contributed by atoms with Crippen molar-refractivity contribution in [3.63, 3.8) is 0 Å². The summed E-state index contributed by atoms with van der Waals surface area (Å²) >= 11 is 0. The molecule has 3 heteroatoms. The van der Waals surface area contributed by atoms with Crippen LogP contribution in [-0.4, -0.2) is 43.7 Å². The van der Waals surface area contributed by atoms with E-state index >= 15 is 0 Å². The van der Waals surface area contributed by atoms with Gasteiger partial charge in [0.15, 0.2) is 0 Å². The van der Waals surface area contributed by atoms with Crippen LogP contribution in [0.4, 0.5) is 0 Å². The standard InChI is InChI=1S/C11H25N3/c1-10(2)13-9-11-3-6-14(7-4-11)8-5-12/h10-11,13H,3-9,12H2,1-2H3. The third-order valence-electron chi connectivity index (χ3n) is 2.97. The van der Waals surface area contributed by atoms with E-state index in [2.05, 4.69) is 24.1 Å². The Morgan fingerprint density at radius 3 is 2.50 bits per heavy atom. The van der Waals surface area contributed by atoms with E-state index < -0.39 is 0 Å². The van der Waals surface area contributed by atoms with Crippen molar-refractivity contribution in [1.82, 2.24) is 10.2 Å². The van der Waals surface area contributed by atoms with Gasteiger partial charge in [-0.2, -0.15) is 0 Å². The first-order chi connectivity index (χ1) is 6.72. The largest absolute Gasteiger partial charge is 0.329 e. The molecule has 1 fully saturated rings. The Morgan fingerprint density at radius 2 is 2.00 bits per heavy atom. The van der Waals surface area contributed by atoms with E-state index in [1.165, 1.54) is 32.5 Å². The first kappa shape index (κ1) is 12.0. The second kappa shape index (κ2) is 6.38.